The summed E-state index contributed by atoms with van der Waals surface area (Å²) in [4.78, 5) is 26.7. The average Bonchev–Trinajstić information content (AvgIpc) is 3.01. The molecule has 0 heterocycles. The van der Waals surface area contributed by atoms with E-state index in [9.17, 15) is 9.59 Å². The van der Waals surface area contributed by atoms with Gasteiger partial charge in [0.05, 0.1) is 7.11 Å². The molecule has 0 aliphatic carbocycles. The summed E-state index contributed by atoms with van der Waals surface area (Å²) in [7, 11) is 1.67. The van der Waals surface area contributed by atoms with E-state index in [0.29, 0.717) is 38.0 Å². The molecule has 0 saturated heterocycles. The Morgan fingerprint density at radius 3 is 2.23 bits per heavy atom. The highest BCUT2D eigenvalue weighted by atomic mass is 16.5. The van der Waals surface area contributed by atoms with Crippen molar-refractivity contribution in [3.8, 4) is 16.9 Å². The second-order valence-electron chi connectivity index (χ2n) is 9.60. The summed E-state index contributed by atoms with van der Waals surface area (Å²) in [6.07, 6.45) is 1.95. The Labute approximate surface area is 236 Å². The van der Waals surface area contributed by atoms with Crippen molar-refractivity contribution >= 4 is 11.8 Å². The molecule has 0 radical (unpaired) electrons. The maximum atomic E-state index is 13.5. The van der Waals surface area contributed by atoms with Crippen molar-refractivity contribution in [2.24, 2.45) is 0 Å². The van der Waals surface area contributed by atoms with E-state index in [1.807, 2.05) is 103 Å². The topological polar surface area (TPSA) is 79.5 Å². The molecule has 0 aromatic heterocycles. The second kappa shape index (κ2) is 15.2. The third kappa shape index (κ3) is 8.29. The van der Waals surface area contributed by atoms with Crippen LogP contribution in [0.5, 0.6) is 5.75 Å². The summed E-state index contributed by atoms with van der Waals surface area (Å²) >= 11 is 0. The first-order valence-corrected chi connectivity index (χ1v) is 13.8. The van der Waals surface area contributed by atoms with Crippen molar-refractivity contribution in [3.63, 3.8) is 0 Å². The molecule has 2 amide bonds. The first-order valence-electron chi connectivity index (χ1n) is 13.8. The summed E-state index contributed by atoms with van der Waals surface area (Å²) in [5.41, 5.74) is 4.57. The highest BCUT2D eigenvalue weighted by molar-refractivity contribution is 6.02. The first-order chi connectivity index (χ1) is 19.7. The Hall–Kier alpha value is -4.42. The summed E-state index contributed by atoms with van der Waals surface area (Å²) in [5.74, 6) is 0.408. The molecule has 1 atom stereocenters. The van der Waals surface area contributed by atoms with Gasteiger partial charge in [-0.15, -0.1) is 0 Å². The minimum atomic E-state index is -0.653. The molecule has 40 heavy (non-hydrogen) atoms. The van der Waals surface area contributed by atoms with Crippen molar-refractivity contribution < 1.29 is 14.3 Å². The van der Waals surface area contributed by atoms with Gasteiger partial charge in [-0.3, -0.25) is 9.59 Å². The maximum absolute atomic E-state index is 13.5. The summed E-state index contributed by atoms with van der Waals surface area (Å²) in [5, 5.41) is 9.47. The molecule has 0 unspecified atom stereocenters. The third-order valence-corrected chi connectivity index (χ3v) is 6.79. The highest BCUT2D eigenvalue weighted by Crippen LogP contribution is 2.23. The van der Waals surface area contributed by atoms with Gasteiger partial charge in [0.15, 0.2) is 0 Å². The van der Waals surface area contributed by atoms with Crippen LogP contribution in [-0.2, 0) is 17.8 Å². The highest BCUT2D eigenvalue weighted by Gasteiger charge is 2.22. The lowest BCUT2D eigenvalue weighted by atomic mass is 9.98. The van der Waals surface area contributed by atoms with Crippen LogP contribution in [0.1, 0.15) is 34.3 Å². The molecule has 4 aromatic rings. The molecular weight excluding hydrogens is 498 g/mol. The standard InChI is InChI=1S/C34H37N3O3/c1-40-32-21-11-8-17-28(32)25-35-23-12-20-31(34(39)36-24-22-26-13-4-2-5-14-26)37-33(38)30-19-10-9-18-29(30)27-15-6-3-7-16-27/h2-11,13-19,21,31,35H,12,20,22-25H2,1H3,(H,36,39)(H,37,38)/t31-/m0/s1. The lowest BCUT2D eigenvalue weighted by Crippen LogP contribution is -2.47. The summed E-state index contributed by atoms with van der Waals surface area (Å²) < 4.78 is 5.43. The Bertz CT molecular complexity index is 1360. The lowest BCUT2D eigenvalue weighted by Gasteiger charge is -2.20. The largest absolute Gasteiger partial charge is 0.496 e. The average molecular weight is 536 g/mol. The van der Waals surface area contributed by atoms with Crippen molar-refractivity contribution in [3.05, 3.63) is 126 Å². The molecule has 0 fully saturated rings. The van der Waals surface area contributed by atoms with Crippen LogP contribution in [0.4, 0.5) is 0 Å². The van der Waals surface area contributed by atoms with Crippen molar-refractivity contribution in [1.29, 1.82) is 0 Å². The minimum absolute atomic E-state index is 0.175. The molecule has 0 aliphatic rings. The fourth-order valence-electron chi connectivity index (χ4n) is 4.66. The van der Waals surface area contributed by atoms with E-state index in [1.165, 1.54) is 0 Å². The molecular formula is C34H37N3O3. The zero-order valence-electron chi connectivity index (χ0n) is 22.9. The Morgan fingerprint density at radius 1 is 0.775 bits per heavy atom. The smallest absolute Gasteiger partial charge is 0.252 e. The van der Waals surface area contributed by atoms with Crippen LogP contribution < -0.4 is 20.7 Å². The van der Waals surface area contributed by atoms with Gasteiger partial charge in [-0.05, 0) is 54.6 Å². The van der Waals surface area contributed by atoms with Crippen molar-refractivity contribution in [2.75, 3.05) is 20.2 Å². The second-order valence-corrected chi connectivity index (χ2v) is 9.60. The predicted molar refractivity (Wildman–Crippen MR) is 160 cm³/mol. The van der Waals surface area contributed by atoms with Gasteiger partial charge in [0.1, 0.15) is 11.8 Å². The summed E-state index contributed by atoms with van der Waals surface area (Å²) in [6, 6.07) is 34.6. The van der Waals surface area contributed by atoms with E-state index >= 15 is 0 Å². The zero-order valence-corrected chi connectivity index (χ0v) is 22.9. The molecule has 206 valence electrons. The number of ether oxygens (including phenoxy) is 1. The number of nitrogens with one attached hydrogen (secondary N) is 3. The number of hydrogen-bond acceptors (Lipinski definition) is 4. The van der Waals surface area contributed by atoms with Gasteiger partial charge in [0.2, 0.25) is 5.91 Å². The molecule has 6 nitrogen and oxygen atoms in total. The number of benzene rings is 4. The first kappa shape index (κ1) is 28.6. The normalized spacial score (nSPS) is 11.4. The molecule has 0 saturated carbocycles. The summed E-state index contributed by atoms with van der Waals surface area (Å²) in [6.45, 7) is 1.86. The van der Waals surface area contributed by atoms with Crippen LogP contribution in [0.15, 0.2) is 109 Å². The van der Waals surface area contributed by atoms with Gasteiger partial charge in [0.25, 0.3) is 5.91 Å². The lowest BCUT2D eigenvalue weighted by molar-refractivity contribution is -0.123. The van der Waals surface area contributed by atoms with E-state index in [-0.39, 0.29) is 11.8 Å². The Balaban J connectivity index is 1.39. The number of rotatable bonds is 14. The molecule has 0 bridgehead atoms. The van der Waals surface area contributed by atoms with Crippen LogP contribution in [-0.4, -0.2) is 38.1 Å². The fraction of sp³-hybridized carbons (Fsp3) is 0.235. The third-order valence-electron chi connectivity index (χ3n) is 6.79. The zero-order chi connectivity index (χ0) is 28.0. The fourth-order valence-corrected chi connectivity index (χ4v) is 4.66. The van der Waals surface area contributed by atoms with Gasteiger partial charge < -0.3 is 20.7 Å². The quantitative estimate of drug-likeness (QED) is 0.189. The van der Waals surface area contributed by atoms with E-state index in [2.05, 4.69) is 16.0 Å². The van der Waals surface area contributed by atoms with Crippen molar-refractivity contribution in [1.82, 2.24) is 16.0 Å². The van der Waals surface area contributed by atoms with E-state index in [0.717, 1.165) is 34.4 Å². The molecule has 0 spiro atoms. The Kier molecular flexibility index (Phi) is 10.9. The van der Waals surface area contributed by atoms with Gasteiger partial charge >= 0.3 is 0 Å². The molecule has 3 N–H and O–H groups in total. The maximum Gasteiger partial charge on any atom is 0.252 e. The molecule has 4 rings (SSSR count). The number of para-hydroxylation sites is 1. The predicted octanol–water partition coefficient (Wildman–Crippen LogP) is 5.39. The van der Waals surface area contributed by atoms with Gasteiger partial charge in [-0.1, -0.05) is 97.1 Å². The monoisotopic (exact) mass is 535 g/mol. The van der Waals surface area contributed by atoms with Crippen LogP contribution in [0.25, 0.3) is 11.1 Å². The van der Waals surface area contributed by atoms with Crippen LogP contribution in [0.3, 0.4) is 0 Å². The Morgan fingerprint density at radius 2 is 1.45 bits per heavy atom. The number of carbonyl (C=O) groups excluding carboxylic acids is 2. The van der Waals surface area contributed by atoms with Gasteiger partial charge in [-0.25, -0.2) is 0 Å². The van der Waals surface area contributed by atoms with Crippen LogP contribution >= 0.6 is 0 Å². The van der Waals surface area contributed by atoms with Crippen molar-refractivity contribution in [2.45, 2.75) is 31.8 Å². The number of hydrogen-bond donors (Lipinski definition) is 3. The number of methoxy groups -OCH3 is 1. The van der Waals surface area contributed by atoms with E-state index < -0.39 is 6.04 Å². The number of carbonyl (C=O) groups is 2. The number of amides is 2. The van der Waals surface area contributed by atoms with Gasteiger partial charge in [-0.2, -0.15) is 0 Å². The SMILES string of the molecule is COc1ccccc1CNCCC[C@H](NC(=O)c1ccccc1-c1ccccc1)C(=O)NCCc1ccccc1. The van der Waals surface area contributed by atoms with Crippen LogP contribution in [0.2, 0.25) is 0 Å². The van der Waals surface area contributed by atoms with E-state index in [4.69, 9.17) is 4.74 Å². The molecule has 6 heteroatoms. The minimum Gasteiger partial charge on any atom is -0.496 e. The molecule has 4 aromatic carbocycles. The van der Waals surface area contributed by atoms with Gasteiger partial charge in [0, 0.05) is 24.2 Å². The van der Waals surface area contributed by atoms with E-state index in [1.54, 1.807) is 13.2 Å². The van der Waals surface area contributed by atoms with Crippen LogP contribution in [0, 0.1) is 0 Å². The molecule has 0 aliphatic heterocycles.